The average molecular weight is 456 g/mol. The molecule has 0 saturated heterocycles. The molecule has 0 unspecified atom stereocenters. The first-order valence-electron chi connectivity index (χ1n) is 8.80. The molecule has 13 heteroatoms. The van der Waals surface area contributed by atoms with Gasteiger partial charge in [-0.15, -0.1) is 5.10 Å². The summed E-state index contributed by atoms with van der Waals surface area (Å²) >= 11 is 0. The van der Waals surface area contributed by atoms with Crippen molar-refractivity contribution >= 4 is 17.8 Å². The predicted molar refractivity (Wildman–Crippen MR) is 102 cm³/mol. The average Bonchev–Trinajstić information content (AvgIpc) is 3.21. The van der Waals surface area contributed by atoms with E-state index in [0.717, 1.165) is 28.3 Å². The van der Waals surface area contributed by atoms with Gasteiger partial charge < -0.3 is 0 Å². The van der Waals surface area contributed by atoms with Crippen molar-refractivity contribution in [2.45, 2.75) is 12.4 Å². The Kier molecular flexibility index (Phi) is 6.30. The van der Waals surface area contributed by atoms with E-state index in [4.69, 9.17) is 0 Å². The molecule has 3 aromatic rings. The normalized spacial score (nSPS) is 12.3. The second-order valence-corrected chi connectivity index (χ2v) is 6.27. The van der Waals surface area contributed by atoms with Crippen LogP contribution in [0.15, 0.2) is 55.1 Å². The van der Waals surface area contributed by atoms with Gasteiger partial charge in [0.05, 0.1) is 23.0 Å². The van der Waals surface area contributed by atoms with Gasteiger partial charge >= 0.3 is 12.4 Å². The summed E-state index contributed by atoms with van der Waals surface area (Å²) in [5.41, 5.74) is -0.338. The molecule has 0 aliphatic rings. The number of rotatable bonds is 5. The molecule has 7 nitrogen and oxygen atoms in total. The summed E-state index contributed by atoms with van der Waals surface area (Å²) in [4.78, 5) is 20.0. The lowest BCUT2D eigenvalue weighted by molar-refractivity contribution is -0.143. The number of hydrogen-bond donors (Lipinski definition) is 1. The van der Waals surface area contributed by atoms with Gasteiger partial charge in [-0.25, -0.2) is 20.1 Å². The monoisotopic (exact) mass is 456 g/mol. The molecule has 0 bridgehead atoms. The van der Waals surface area contributed by atoms with Crippen molar-refractivity contribution in [2.24, 2.45) is 0 Å². The number of carbonyl (C=O) groups is 1. The van der Waals surface area contributed by atoms with Gasteiger partial charge in [0.15, 0.2) is 5.82 Å². The molecule has 0 fully saturated rings. The van der Waals surface area contributed by atoms with E-state index in [9.17, 15) is 31.1 Å². The van der Waals surface area contributed by atoms with Crippen LogP contribution in [-0.2, 0) is 17.1 Å². The number of hydrazine groups is 1. The Balaban J connectivity index is 1.88. The molecule has 2 heterocycles. The Morgan fingerprint density at radius 1 is 1.09 bits per heavy atom. The molecule has 0 aliphatic carbocycles. The largest absolute Gasteiger partial charge is 0.416 e. The van der Waals surface area contributed by atoms with Crippen LogP contribution in [0.3, 0.4) is 0 Å². The zero-order valence-corrected chi connectivity index (χ0v) is 16.2. The Morgan fingerprint density at radius 3 is 2.28 bits per heavy atom. The smallest absolute Gasteiger partial charge is 0.268 e. The van der Waals surface area contributed by atoms with Gasteiger partial charge in [0, 0.05) is 31.1 Å². The zero-order chi connectivity index (χ0) is 23.5. The van der Waals surface area contributed by atoms with Gasteiger partial charge in [-0.2, -0.15) is 26.3 Å². The molecular weight excluding hydrogens is 442 g/mol. The molecule has 2 aromatic heterocycles. The van der Waals surface area contributed by atoms with Crippen LogP contribution in [0, 0.1) is 0 Å². The SMILES string of the molecule is CNN(C(=O)C=Cn1cnc(-c2cc(C(F)(F)F)cc(C(F)(F)F)c2)n1)c1cccnc1. The first kappa shape index (κ1) is 22.9. The molecule has 3 rings (SSSR count). The van der Waals surface area contributed by atoms with Crippen LogP contribution in [-0.4, -0.2) is 32.7 Å². The van der Waals surface area contributed by atoms with Crippen LogP contribution in [0.4, 0.5) is 32.0 Å². The fraction of sp³-hybridized carbons (Fsp3) is 0.158. The van der Waals surface area contributed by atoms with Gasteiger partial charge in [-0.1, -0.05) is 0 Å². The molecule has 1 aromatic carbocycles. The van der Waals surface area contributed by atoms with Gasteiger partial charge in [-0.3, -0.25) is 9.78 Å². The number of hydrogen-bond acceptors (Lipinski definition) is 5. The highest BCUT2D eigenvalue weighted by Gasteiger charge is 2.37. The third kappa shape index (κ3) is 5.29. The van der Waals surface area contributed by atoms with Crippen LogP contribution >= 0.6 is 0 Å². The highest BCUT2D eigenvalue weighted by atomic mass is 19.4. The van der Waals surface area contributed by atoms with Crippen molar-refractivity contribution in [3.05, 3.63) is 66.3 Å². The highest BCUT2D eigenvalue weighted by molar-refractivity contribution is 6.02. The molecule has 32 heavy (non-hydrogen) atoms. The van der Waals surface area contributed by atoms with Crippen molar-refractivity contribution in [3.63, 3.8) is 0 Å². The number of anilines is 1. The summed E-state index contributed by atoms with van der Waals surface area (Å²) in [5.74, 6) is -0.924. The third-order valence-electron chi connectivity index (χ3n) is 4.07. The maximum atomic E-state index is 13.0. The molecule has 168 valence electrons. The number of halogens is 6. The van der Waals surface area contributed by atoms with Crippen LogP contribution in [0.2, 0.25) is 0 Å². The molecule has 0 spiro atoms. The quantitative estimate of drug-likeness (QED) is 0.357. The highest BCUT2D eigenvalue weighted by Crippen LogP contribution is 2.38. The van der Waals surface area contributed by atoms with Crippen LogP contribution < -0.4 is 10.4 Å². The van der Waals surface area contributed by atoms with E-state index in [2.05, 4.69) is 20.5 Å². The van der Waals surface area contributed by atoms with Crippen molar-refractivity contribution < 1.29 is 31.1 Å². The van der Waals surface area contributed by atoms with Crippen LogP contribution in [0.25, 0.3) is 17.6 Å². The summed E-state index contributed by atoms with van der Waals surface area (Å²) < 4.78 is 79.2. The van der Waals surface area contributed by atoms with E-state index in [1.54, 1.807) is 12.1 Å². The van der Waals surface area contributed by atoms with Crippen LogP contribution in [0.5, 0.6) is 0 Å². The van der Waals surface area contributed by atoms with E-state index in [-0.39, 0.29) is 11.9 Å². The summed E-state index contributed by atoms with van der Waals surface area (Å²) in [6, 6.07) is 4.30. The van der Waals surface area contributed by atoms with Gasteiger partial charge in [0.2, 0.25) is 0 Å². The van der Waals surface area contributed by atoms with E-state index < -0.39 is 35.0 Å². The summed E-state index contributed by atoms with van der Waals surface area (Å²) in [7, 11) is 1.50. The van der Waals surface area contributed by atoms with Crippen molar-refractivity contribution in [2.75, 3.05) is 12.1 Å². The van der Waals surface area contributed by atoms with Gasteiger partial charge in [0.25, 0.3) is 5.91 Å². The fourth-order valence-corrected chi connectivity index (χ4v) is 2.63. The topological polar surface area (TPSA) is 75.9 Å². The Morgan fingerprint density at radius 2 is 1.75 bits per heavy atom. The molecule has 0 saturated carbocycles. The molecule has 0 aliphatic heterocycles. The van der Waals surface area contributed by atoms with Crippen molar-refractivity contribution in [1.82, 2.24) is 25.2 Å². The number of amides is 1. The molecular formula is C19H14F6N6O. The second kappa shape index (κ2) is 8.78. The van der Waals surface area contributed by atoms with Gasteiger partial charge in [-0.05, 0) is 30.3 Å². The van der Waals surface area contributed by atoms with Crippen molar-refractivity contribution in [1.29, 1.82) is 0 Å². The second-order valence-electron chi connectivity index (χ2n) is 6.27. The standard InChI is InChI=1S/C19H14F6N6O/c1-26-31(15-3-2-5-27-10-15)16(32)4-6-30-11-28-17(29-30)12-7-13(18(20,21)22)9-14(8-12)19(23,24)25/h2-11,26H,1H3. The lowest BCUT2D eigenvalue weighted by Gasteiger charge is -2.18. The van der Waals surface area contributed by atoms with E-state index in [1.165, 1.54) is 19.4 Å². The fourth-order valence-electron chi connectivity index (χ4n) is 2.63. The Labute approximate surface area is 177 Å². The third-order valence-corrected chi connectivity index (χ3v) is 4.07. The lowest BCUT2D eigenvalue weighted by atomic mass is 10.0. The number of nitrogens with zero attached hydrogens (tertiary/aromatic N) is 5. The minimum absolute atomic E-state index is 0.0177. The summed E-state index contributed by atoms with van der Waals surface area (Å²) in [6.45, 7) is 0. The summed E-state index contributed by atoms with van der Waals surface area (Å²) in [5, 5.41) is 4.99. The molecule has 0 atom stereocenters. The van der Waals surface area contributed by atoms with Gasteiger partial charge in [0.1, 0.15) is 6.33 Å². The number of alkyl halides is 6. The minimum Gasteiger partial charge on any atom is -0.268 e. The first-order valence-corrected chi connectivity index (χ1v) is 8.80. The number of pyridine rings is 1. The van der Waals surface area contributed by atoms with Crippen molar-refractivity contribution in [3.8, 4) is 11.4 Å². The molecule has 1 amide bonds. The maximum absolute atomic E-state index is 13.0. The zero-order valence-electron chi connectivity index (χ0n) is 16.2. The summed E-state index contributed by atoms with van der Waals surface area (Å²) in [6.07, 6.45) is -3.76. The molecule has 0 radical (unpaired) electrons. The predicted octanol–water partition coefficient (Wildman–Crippen LogP) is 4.02. The Bertz CT molecular complexity index is 1090. The number of aromatic nitrogens is 4. The molecule has 1 N–H and O–H groups in total. The number of nitrogens with one attached hydrogen (secondary N) is 1. The van der Waals surface area contributed by atoms with Crippen LogP contribution in [0.1, 0.15) is 11.1 Å². The lowest BCUT2D eigenvalue weighted by Crippen LogP contribution is -2.39. The van der Waals surface area contributed by atoms with E-state index >= 15 is 0 Å². The van der Waals surface area contributed by atoms with E-state index in [0.29, 0.717) is 17.8 Å². The first-order chi connectivity index (χ1) is 15.0. The number of benzene rings is 1. The minimum atomic E-state index is -4.99. The Hall–Kier alpha value is -3.74. The number of carbonyl (C=O) groups excluding carboxylic acids is 1. The van der Waals surface area contributed by atoms with E-state index in [1.807, 2.05) is 0 Å². The maximum Gasteiger partial charge on any atom is 0.416 e.